The third kappa shape index (κ3) is 3.83. The predicted molar refractivity (Wildman–Crippen MR) is 77.2 cm³/mol. The molecule has 2 aromatic rings. The van der Waals surface area contributed by atoms with Gasteiger partial charge in [-0.3, -0.25) is 5.32 Å². The number of halogens is 1. The molecule has 0 aliphatic rings. The molecular weight excluding hydrogens is 326 g/mol. The molecule has 0 radical (unpaired) electrons. The van der Waals surface area contributed by atoms with E-state index < -0.39 is 12.1 Å². The molecule has 0 aliphatic carbocycles. The average molecular weight is 336 g/mol. The number of aromatic carboxylic acids is 1. The number of rotatable bonds is 3. The molecule has 20 heavy (non-hydrogen) atoms. The zero-order valence-electron chi connectivity index (χ0n) is 10.2. The number of nitrogens with one attached hydrogen (secondary N) is 1. The number of benzene rings is 2. The number of carboxylic acids is 1. The van der Waals surface area contributed by atoms with Gasteiger partial charge >= 0.3 is 12.1 Å². The van der Waals surface area contributed by atoms with E-state index in [1.807, 2.05) is 0 Å². The molecule has 6 heteroatoms. The van der Waals surface area contributed by atoms with E-state index in [0.717, 1.165) is 0 Å². The predicted octanol–water partition coefficient (Wildman–Crippen LogP) is 3.76. The summed E-state index contributed by atoms with van der Waals surface area (Å²) in [7, 11) is 0. The smallest absolute Gasteiger partial charge is 0.417 e. The fraction of sp³-hybridized carbons (Fsp3) is 0. The SMILES string of the molecule is O=C(Nc1cc(Br)cc(C(=O)O)c1)Oc1ccccc1. The summed E-state index contributed by atoms with van der Waals surface area (Å²) in [5, 5.41) is 11.4. The van der Waals surface area contributed by atoms with E-state index in [0.29, 0.717) is 15.9 Å². The third-order valence-electron chi connectivity index (χ3n) is 2.34. The van der Waals surface area contributed by atoms with Crippen molar-refractivity contribution in [3.63, 3.8) is 0 Å². The molecule has 0 aromatic heterocycles. The summed E-state index contributed by atoms with van der Waals surface area (Å²) in [6, 6.07) is 12.9. The minimum absolute atomic E-state index is 0.0642. The summed E-state index contributed by atoms with van der Waals surface area (Å²) in [6.45, 7) is 0. The lowest BCUT2D eigenvalue weighted by atomic mass is 10.2. The number of amides is 1. The Bertz CT molecular complexity index is 643. The van der Waals surface area contributed by atoms with Crippen molar-refractivity contribution in [3.8, 4) is 5.75 Å². The van der Waals surface area contributed by atoms with Crippen molar-refractivity contribution in [2.75, 3.05) is 5.32 Å². The van der Waals surface area contributed by atoms with Crippen molar-refractivity contribution in [2.24, 2.45) is 0 Å². The molecule has 0 heterocycles. The van der Waals surface area contributed by atoms with E-state index in [1.54, 1.807) is 36.4 Å². The molecule has 0 bridgehead atoms. The van der Waals surface area contributed by atoms with Gasteiger partial charge in [0.05, 0.1) is 5.56 Å². The monoisotopic (exact) mass is 335 g/mol. The van der Waals surface area contributed by atoms with Crippen LogP contribution in [0.15, 0.2) is 53.0 Å². The Balaban J connectivity index is 2.10. The molecule has 0 saturated carbocycles. The Morgan fingerprint density at radius 2 is 1.80 bits per heavy atom. The van der Waals surface area contributed by atoms with Gasteiger partial charge in [0, 0.05) is 10.2 Å². The van der Waals surface area contributed by atoms with Gasteiger partial charge in [0.25, 0.3) is 0 Å². The molecule has 1 amide bonds. The van der Waals surface area contributed by atoms with Crippen LogP contribution >= 0.6 is 15.9 Å². The van der Waals surface area contributed by atoms with Crippen molar-refractivity contribution < 1.29 is 19.4 Å². The van der Waals surface area contributed by atoms with E-state index in [9.17, 15) is 9.59 Å². The van der Waals surface area contributed by atoms with Crippen molar-refractivity contribution in [3.05, 3.63) is 58.6 Å². The third-order valence-corrected chi connectivity index (χ3v) is 2.80. The van der Waals surface area contributed by atoms with E-state index in [2.05, 4.69) is 21.2 Å². The van der Waals surface area contributed by atoms with Crippen molar-refractivity contribution in [1.29, 1.82) is 0 Å². The van der Waals surface area contributed by atoms with Gasteiger partial charge in [0.1, 0.15) is 5.75 Å². The van der Waals surface area contributed by atoms with Gasteiger partial charge in [0.15, 0.2) is 0 Å². The molecule has 102 valence electrons. The van der Waals surface area contributed by atoms with Crippen LogP contribution in [0, 0.1) is 0 Å². The average Bonchev–Trinajstić information content (AvgIpc) is 2.38. The Labute approximate surface area is 123 Å². The lowest BCUT2D eigenvalue weighted by Crippen LogP contribution is -2.17. The molecule has 2 N–H and O–H groups in total. The molecule has 0 spiro atoms. The number of ether oxygens (including phenoxy) is 1. The second-order valence-electron chi connectivity index (χ2n) is 3.86. The number of carboxylic acid groups (broad SMARTS) is 1. The molecule has 5 nitrogen and oxygen atoms in total. The van der Waals surface area contributed by atoms with Gasteiger partial charge < -0.3 is 9.84 Å². The van der Waals surface area contributed by atoms with Crippen LogP contribution in [0.25, 0.3) is 0 Å². The second kappa shape index (κ2) is 6.21. The van der Waals surface area contributed by atoms with Crippen LogP contribution in [-0.4, -0.2) is 17.2 Å². The van der Waals surface area contributed by atoms with Crippen LogP contribution in [0.1, 0.15) is 10.4 Å². The number of para-hydroxylation sites is 1. The fourth-order valence-corrected chi connectivity index (χ4v) is 2.02. The maximum Gasteiger partial charge on any atom is 0.417 e. The van der Waals surface area contributed by atoms with E-state index >= 15 is 0 Å². The minimum Gasteiger partial charge on any atom is -0.478 e. The minimum atomic E-state index is -1.08. The first-order valence-corrected chi connectivity index (χ1v) is 6.41. The molecule has 0 saturated heterocycles. The van der Waals surface area contributed by atoms with Crippen LogP contribution in [0.4, 0.5) is 10.5 Å². The second-order valence-corrected chi connectivity index (χ2v) is 4.78. The number of carbonyl (C=O) groups excluding carboxylic acids is 1. The van der Waals surface area contributed by atoms with Gasteiger partial charge in [-0.25, -0.2) is 9.59 Å². The first kappa shape index (κ1) is 14.1. The molecule has 0 fully saturated rings. The lowest BCUT2D eigenvalue weighted by Gasteiger charge is -2.07. The Hall–Kier alpha value is -2.34. The maximum absolute atomic E-state index is 11.7. The highest BCUT2D eigenvalue weighted by molar-refractivity contribution is 9.10. The van der Waals surface area contributed by atoms with Crippen LogP contribution in [0.5, 0.6) is 5.75 Å². The molecule has 2 aromatic carbocycles. The molecule has 2 rings (SSSR count). The van der Waals surface area contributed by atoms with Crippen molar-refractivity contribution in [1.82, 2.24) is 0 Å². The number of carbonyl (C=O) groups is 2. The lowest BCUT2D eigenvalue weighted by molar-refractivity contribution is 0.0696. The number of hydrogen-bond acceptors (Lipinski definition) is 3. The zero-order valence-corrected chi connectivity index (χ0v) is 11.8. The van der Waals surface area contributed by atoms with Crippen LogP contribution < -0.4 is 10.1 Å². The summed E-state index contributed by atoms with van der Waals surface area (Å²) in [6.07, 6.45) is -0.689. The molecule has 0 atom stereocenters. The fourth-order valence-electron chi connectivity index (χ4n) is 1.52. The van der Waals surface area contributed by atoms with Crippen LogP contribution in [0.3, 0.4) is 0 Å². The highest BCUT2D eigenvalue weighted by atomic mass is 79.9. The first-order valence-electron chi connectivity index (χ1n) is 5.62. The summed E-state index contributed by atoms with van der Waals surface area (Å²) >= 11 is 3.18. The normalized spacial score (nSPS) is 9.85. The highest BCUT2D eigenvalue weighted by Crippen LogP contribution is 2.20. The maximum atomic E-state index is 11.7. The van der Waals surface area contributed by atoms with Crippen LogP contribution in [0.2, 0.25) is 0 Å². The van der Waals surface area contributed by atoms with Gasteiger partial charge in [-0.15, -0.1) is 0 Å². The topological polar surface area (TPSA) is 75.6 Å². The highest BCUT2D eigenvalue weighted by Gasteiger charge is 2.09. The van der Waals surface area contributed by atoms with Gasteiger partial charge in [-0.1, -0.05) is 34.1 Å². The van der Waals surface area contributed by atoms with Crippen molar-refractivity contribution >= 4 is 33.7 Å². The largest absolute Gasteiger partial charge is 0.478 e. The first-order chi connectivity index (χ1) is 9.54. The molecule has 0 unspecified atom stereocenters. The van der Waals surface area contributed by atoms with Gasteiger partial charge in [0.2, 0.25) is 0 Å². The van der Waals surface area contributed by atoms with E-state index in [1.165, 1.54) is 12.1 Å². The van der Waals surface area contributed by atoms with E-state index in [4.69, 9.17) is 9.84 Å². The molecular formula is C14H10BrNO4. The Kier molecular flexibility index (Phi) is 4.37. The Morgan fingerprint density at radius 1 is 1.10 bits per heavy atom. The van der Waals surface area contributed by atoms with Crippen LogP contribution in [-0.2, 0) is 0 Å². The van der Waals surface area contributed by atoms with Gasteiger partial charge in [-0.2, -0.15) is 0 Å². The zero-order chi connectivity index (χ0) is 14.5. The number of hydrogen-bond donors (Lipinski definition) is 2. The standard InChI is InChI=1S/C14H10BrNO4/c15-10-6-9(13(17)18)7-11(8-10)16-14(19)20-12-4-2-1-3-5-12/h1-8H,(H,16,19)(H,17,18). The molecule has 0 aliphatic heterocycles. The number of anilines is 1. The summed E-state index contributed by atoms with van der Waals surface area (Å²) in [5.41, 5.74) is 0.395. The summed E-state index contributed by atoms with van der Waals surface area (Å²) in [4.78, 5) is 22.6. The van der Waals surface area contributed by atoms with Gasteiger partial charge in [-0.05, 0) is 30.3 Å². The summed E-state index contributed by atoms with van der Waals surface area (Å²) < 4.78 is 5.59. The quantitative estimate of drug-likeness (QED) is 0.895. The summed E-state index contributed by atoms with van der Waals surface area (Å²) in [5.74, 6) is -0.677. The van der Waals surface area contributed by atoms with Crippen molar-refractivity contribution in [2.45, 2.75) is 0 Å². The van der Waals surface area contributed by atoms with E-state index in [-0.39, 0.29) is 5.56 Å². The Morgan fingerprint density at radius 3 is 2.45 bits per heavy atom.